The van der Waals surface area contributed by atoms with E-state index in [1.165, 1.54) is 24.0 Å². The van der Waals surface area contributed by atoms with Gasteiger partial charge in [-0.1, -0.05) is 24.3 Å². The van der Waals surface area contributed by atoms with Crippen LogP contribution >= 0.6 is 0 Å². The lowest BCUT2D eigenvalue weighted by atomic mass is 10.1. The minimum absolute atomic E-state index is 0.655. The summed E-state index contributed by atoms with van der Waals surface area (Å²) < 4.78 is 16.0. The van der Waals surface area contributed by atoms with Crippen LogP contribution in [-0.2, 0) is 27.4 Å². The monoisotopic (exact) mass is 293 g/mol. The van der Waals surface area contributed by atoms with Gasteiger partial charge in [-0.15, -0.1) is 0 Å². The van der Waals surface area contributed by atoms with Crippen molar-refractivity contribution in [1.29, 1.82) is 0 Å². The van der Waals surface area contributed by atoms with Crippen molar-refractivity contribution in [2.24, 2.45) is 0 Å². The maximum Gasteiger partial charge on any atom is 0.0716 e. The Labute approximate surface area is 127 Å². The van der Waals surface area contributed by atoms with E-state index in [1.54, 1.807) is 7.11 Å². The molecule has 1 aromatic carbocycles. The van der Waals surface area contributed by atoms with Crippen molar-refractivity contribution in [2.75, 3.05) is 33.5 Å². The number of rotatable bonds is 12. The molecule has 0 atom stereocenters. The van der Waals surface area contributed by atoms with E-state index in [-0.39, 0.29) is 0 Å². The normalized spacial score (nSPS) is 14.5. The second-order valence-corrected chi connectivity index (χ2v) is 5.49. The number of benzene rings is 1. The number of hydrogen-bond acceptors (Lipinski definition) is 4. The molecule has 1 aromatic rings. The van der Waals surface area contributed by atoms with Crippen molar-refractivity contribution in [3.8, 4) is 0 Å². The lowest BCUT2D eigenvalue weighted by Gasteiger charge is -2.08. The van der Waals surface area contributed by atoms with Gasteiger partial charge in [0.25, 0.3) is 0 Å². The summed E-state index contributed by atoms with van der Waals surface area (Å²) in [6, 6.07) is 9.38. The second kappa shape index (κ2) is 9.90. The Morgan fingerprint density at radius 2 is 1.86 bits per heavy atom. The van der Waals surface area contributed by atoms with Crippen molar-refractivity contribution in [2.45, 2.75) is 38.5 Å². The van der Waals surface area contributed by atoms with E-state index in [4.69, 9.17) is 14.2 Å². The van der Waals surface area contributed by atoms with Gasteiger partial charge >= 0.3 is 0 Å². The first-order valence-corrected chi connectivity index (χ1v) is 7.84. The predicted octanol–water partition coefficient (Wildman–Crippen LogP) is 2.51. The van der Waals surface area contributed by atoms with Gasteiger partial charge in [0.15, 0.2) is 0 Å². The van der Waals surface area contributed by atoms with Gasteiger partial charge in [0.1, 0.15) is 0 Å². The molecule has 0 radical (unpaired) electrons. The van der Waals surface area contributed by atoms with Crippen molar-refractivity contribution in [1.82, 2.24) is 5.32 Å². The lowest BCUT2D eigenvalue weighted by Crippen LogP contribution is -2.15. The molecule has 1 saturated carbocycles. The van der Waals surface area contributed by atoms with Crippen molar-refractivity contribution in [3.63, 3.8) is 0 Å². The van der Waals surface area contributed by atoms with Gasteiger partial charge in [-0.25, -0.2) is 0 Å². The molecule has 0 amide bonds. The highest BCUT2D eigenvalue weighted by atomic mass is 16.5. The first-order valence-electron chi connectivity index (χ1n) is 7.84. The molecule has 1 aliphatic rings. The highest BCUT2D eigenvalue weighted by Crippen LogP contribution is 2.19. The SMILES string of the molecule is COCCOCCCOCc1cccc(CNC2CC2)c1. The van der Waals surface area contributed by atoms with Crippen LogP contribution in [0, 0.1) is 0 Å². The molecule has 0 unspecified atom stereocenters. The number of hydrogen-bond donors (Lipinski definition) is 1. The molecule has 4 nitrogen and oxygen atoms in total. The van der Waals surface area contributed by atoms with E-state index in [0.717, 1.165) is 32.2 Å². The van der Waals surface area contributed by atoms with Crippen LogP contribution in [0.2, 0.25) is 0 Å². The zero-order valence-electron chi connectivity index (χ0n) is 13.0. The predicted molar refractivity (Wildman–Crippen MR) is 83.3 cm³/mol. The fraction of sp³-hybridized carbons (Fsp3) is 0.647. The van der Waals surface area contributed by atoms with E-state index in [9.17, 15) is 0 Å². The van der Waals surface area contributed by atoms with E-state index in [0.29, 0.717) is 19.8 Å². The van der Waals surface area contributed by atoms with E-state index in [2.05, 4.69) is 29.6 Å². The molecule has 1 fully saturated rings. The topological polar surface area (TPSA) is 39.7 Å². The van der Waals surface area contributed by atoms with Crippen LogP contribution < -0.4 is 5.32 Å². The molecule has 0 aliphatic heterocycles. The summed E-state index contributed by atoms with van der Waals surface area (Å²) in [5.41, 5.74) is 2.58. The first-order chi connectivity index (χ1) is 10.4. The average Bonchev–Trinajstić information content (AvgIpc) is 3.33. The highest BCUT2D eigenvalue weighted by Gasteiger charge is 2.19. The summed E-state index contributed by atoms with van der Waals surface area (Å²) in [6.07, 6.45) is 3.58. The summed E-state index contributed by atoms with van der Waals surface area (Å²) in [5, 5.41) is 3.53. The molecule has 0 aromatic heterocycles. The number of ether oxygens (including phenoxy) is 3. The maximum atomic E-state index is 5.69. The van der Waals surface area contributed by atoms with Crippen molar-refractivity contribution in [3.05, 3.63) is 35.4 Å². The minimum atomic E-state index is 0.655. The van der Waals surface area contributed by atoms with Gasteiger partial charge in [-0.2, -0.15) is 0 Å². The van der Waals surface area contributed by atoms with E-state index in [1.807, 2.05) is 0 Å². The van der Waals surface area contributed by atoms with Gasteiger partial charge in [0.05, 0.1) is 19.8 Å². The fourth-order valence-electron chi connectivity index (χ4n) is 2.08. The first kappa shape index (κ1) is 16.4. The quantitative estimate of drug-likeness (QED) is 0.601. The Kier molecular flexibility index (Phi) is 7.75. The van der Waals surface area contributed by atoms with Gasteiger partial charge < -0.3 is 19.5 Å². The van der Waals surface area contributed by atoms with Crippen LogP contribution in [0.4, 0.5) is 0 Å². The smallest absolute Gasteiger partial charge is 0.0716 e. The molecule has 0 heterocycles. The standard InChI is InChI=1S/C17H27NO3/c1-19-10-11-20-8-3-9-21-14-16-5-2-4-15(12-16)13-18-17-6-7-17/h2,4-5,12,17-18H,3,6-11,13-14H2,1H3. The van der Waals surface area contributed by atoms with Crippen molar-refractivity contribution >= 4 is 0 Å². The van der Waals surface area contributed by atoms with E-state index < -0.39 is 0 Å². The third-order valence-corrected chi connectivity index (χ3v) is 3.44. The fourth-order valence-corrected chi connectivity index (χ4v) is 2.08. The van der Waals surface area contributed by atoms with Gasteiger partial charge in [0.2, 0.25) is 0 Å². The molecule has 118 valence electrons. The zero-order chi connectivity index (χ0) is 14.8. The third kappa shape index (κ3) is 7.58. The minimum Gasteiger partial charge on any atom is -0.382 e. The molecule has 0 spiro atoms. The van der Waals surface area contributed by atoms with Gasteiger partial charge in [-0.05, 0) is 30.4 Å². The van der Waals surface area contributed by atoms with E-state index >= 15 is 0 Å². The Morgan fingerprint density at radius 1 is 1.05 bits per heavy atom. The largest absolute Gasteiger partial charge is 0.382 e. The molecular weight excluding hydrogens is 266 g/mol. The van der Waals surface area contributed by atoms with Crippen LogP contribution in [0.1, 0.15) is 30.4 Å². The van der Waals surface area contributed by atoms with Crippen LogP contribution in [0.25, 0.3) is 0 Å². The molecular formula is C17H27NO3. The molecule has 4 heteroatoms. The van der Waals surface area contributed by atoms with Gasteiger partial charge in [0, 0.05) is 32.9 Å². The molecule has 2 rings (SSSR count). The Bertz CT molecular complexity index is 393. The summed E-state index contributed by atoms with van der Waals surface area (Å²) in [7, 11) is 1.68. The Hall–Kier alpha value is -0.940. The lowest BCUT2D eigenvalue weighted by molar-refractivity contribution is 0.0483. The average molecular weight is 293 g/mol. The molecule has 0 bridgehead atoms. The van der Waals surface area contributed by atoms with Crippen LogP contribution in [0.5, 0.6) is 0 Å². The van der Waals surface area contributed by atoms with Crippen LogP contribution in [0.3, 0.4) is 0 Å². The molecule has 0 saturated heterocycles. The molecule has 1 aliphatic carbocycles. The Morgan fingerprint density at radius 3 is 2.67 bits per heavy atom. The number of methoxy groups -OCH3 is 1. The van der Waals surface area contributed by atoms with Crippen LogP contribution in [0.15, 0.2) is 24.3 Å². The summed E-state index contributed by atoms with van der Waals surface area (Å²) in [4.78, 5) is 0. The number of nitrogens with one attached hydrogen (secondary N) is 1. The summed E-state index contributed by atoms with van der Waals surface area (Å²) in [5.74, 6) is 0. The zero-order valence-corrected chi connectivity index (χ0v) is 13.0. The summed E-state index contributed by atoms with van der Waals surface area (Å²) in [6.45, 7) is 4.42. The van der Waals surface area contributed by atoms with Crippen molar-refractivity contribution < 1.29 is 14.2 Å². The molecule has 21 heavy (non-hydrogen) atoms. The summed E-state index contributed by atoms with van der Waals surface area (Å²) >= 11 is 0. The highest BCUT2D eigenvalue weighted by molar-refractivity contribution is 5.23. The van der Waals surface area contributed by atoms with Crippen LogP contribution in [-0.4, -0.2) is 39.6 Å². The maximum absolute atomic E-state index is 5.69. The Balaban J connectivity index is 1.54. The third-order valence-electron chi connectivity index (χ3n) is 3.44. The second-order valence-electron chi connectivity index (χ2n) is 5.49. The molecule has 1 N–H and O–H groups in total. The van der Waals surface area contributed by atoms with Gasteiger partial charge in [-0.3, -0.25) is 0 Å².